The molecule has 0 amide bonds. The van der Waals surface area contributed by atoms with Gasteiger partial charge in [-0.1, -0.05) is 61.2 Å². The maximum Gasteiger partial charge on any atom is 0.227 e. The normalized spacial score (nSPS) is 11.8. The monoisotopic (exact) mass is 451 g/mol. The first-order valence-electron chi connectivity index (χ1n) is 10.4. The van der Waals surface area contributed by atoms with E-state index in [4.69, 9.17) is 11.5 Å². The molecule has 5 N–H and O–H groups in total. The van der Waals surface area contributed by atoms with E-state index in [1.807, 2.05) is 54.6 Å². The molecule has 8 heteroatoms. The first-order valence-corrected chi connectivity index (χ1v) is 10.4. The summed E-state index contributed by atoms with van der Waals surface area (Å²) in [5, 5.41) is 3.13. The molecule has 0 atom stereocenters. The number of nitrogens with zero attached hydrogens (tertiary/aromatic N) is 4. The van der Waals surface area contributed by atoms with Gasteiger partial charge in [-0.3, -0.25) is 0 Å². The molecule has 34 heavy (non-hydrogen) atoms. The highest BCUT2D eigenvalue weighted by Crippen LogP contribution is 2.22. The predicted octanol–water partition coefficient (Wildman–Crippen LogP) is 4.72. The zero-order valence-corrected chi connectivity index (χ0v) is 18.2. The molecule has 0 radical (unpaired) electrons. The highest BCUT2D eigenvalue weighted by Gasteiger charge is 2.05. The lowest BCUT2D eigenvalue weighted by Crippen LogP contribution is -2.19. The summed E-state index contributed by atoms with van der Waals surface area (Å²) < 4.78 is 13.5. The van der Waals surface area contributed by atoms with Crippen molar-refractivity contribution in [3.63, 3.8) is 0 Å². The lowest BCUT2D eigenvalue weighted by atomic mass is 10.1. The molecule has 0 aliphatic rings. The standard InChI is InChI=1S/C26H22FN7/c1-17(32-25(29)34-24(28)18-7-3-2-4-8-18)19-9-6-12-23(14-19)33-26-30-15-21(16-31-26)20-10-5-11-22(27)13-20/h2-16H,1H2,(H,30,31,33)(H4,28,29,32,34). The number of amidine groups is 1. The molecule has 7 nitrogen and oxygen atoms in total. The Morgan fingerprint density at radius 1 is 0.794 bits per heavy atom. The Kier molecular flexibility index (Phi) is 6.69. The summed E-state index contributed by atoms with van der Waals surface area (Å²) in [5.41, 5.74) is 16.0. The summed E-state index contributed by atoms with van der Waals surface area (Å²) in [6.45, 7) is 3.98. The van der Waals surface area contributed by atoms with E-state index in [1.54, 1.807) is 24.5 Å². The van der Waals surface area contributed by atoms with Crippen molar-refractivity contribution in [1.82, 2.24) is 9.97 Å². The van der Waals surface area contributed by atoms with E-state index in [0.29, 0.717) is 22.8 Å². The topological polar surface area (TPSA) is 115 Å². The first kappa shape index (κ1) is 22.3. The fourth-order valence-electron chi connectivity index (χ4n) is 3.14. The predicted molar refractivity (Wildman–Crippen MR) is 135 cm³/mol. The Morgan fingerprint density at radius 2 is 1.50 bits per heavy atom. The number of rotatable bonds is 6. The van der Waals surface area contributed by atoms with E-state index >= 15 is 0 Å². The van der Waals surface area contributed by atoms with Gasteiger partial charge >= 0.3 is 0 Å². The summed E-state index contributed by atoms with van der Waals surface area (Å²) in [4.78, 5) is 17.0. The van der Waals surface area contributed by atoms with Gasteiger partial charge in [-0.05, 0) is 29.8 Å². The zero-order valence-electron chi connectivity index (χ0n) is 18.2. The fourth-order valence-corrected chi connectivity index (χ4v) is 3.14. The lowest BCUT2D eigenvalue weighted by Gasteiger charge is -2.08. The second-order valence-electron chi connectivity index (χ2n) is 7.29. The van der Waals surface area contributed by atoms with Crippen molar-refractivity contribution in [3.8, 4) is 11.1 Å². The minimum Gasteiger partial charge on any atom is -0.383 e. The maximum atomic E-state index is 13.5. The smallest absolute Gasteiger partial charge is 0.227 e. The SMILES string of the molecule is C=C(N=C(N)/N=C(\N)c1ccccc1)c1cccc(Nc2ncc(-c3cccc(F)c3)cn2)c1. The van der Waals surface area contributed by atoms with E-state index in [2.05, 4.69) is 31.8 Å². The van der Waals surface area contributed by atoms with Crippen LogP contribution in [0.15, 0.2) is 108 Å². The largest absolute Gasteiger partial charge is 0.383 e. The highest BCUT2D eigenvalue weighted by atomic mass is 19.1. The second kappa shape index (κ2) is 10.2. The Bertz CT molecular complexity index is 1360. The van der Waals surface area contributed by atoms with Gasteiger partial charge in [0.05, 0.1) is 5.70 Å². The third kappa shape index (κ3) is 5.68. The maximum absolute atomic E-state index is 13.5. The third-order valence-electron chi connectivity index (χ3n) is 4.82. The van der Waals surface area contributed by atoms with Crippen LogP contribution in [0.25, 0.3) is 16.8 Å². The summed E-state index contributed by atoms with van der Waals surface area (Å²) in [5.74, 6) is 0.351. The molecule has 0 aliphatic carbocycles. The van der Waals surface area contributed by atoms with Gasteiger partial charge in [-0.25, -0.2) is 19.4 Å². The quantitative estimate of drug-likeness (QED) is 0.290. The van der Waals surface area contributed by atoms with Crippen LogP contribution >= 0.6 is 0 Å². The molecule has 168 valence electrons. The molecule has 0 aliphatic heterocycles. The van der Waals surface area contributed by atoms with Crippen molar-refractivity contribution < 1.29 is 4.39 Å². The number of hydrogen-bond donors (Lipinski definition) is 3. The summed E-state index contributed by atoms with van der Waals surface area (Å²) >= 11 is 0. The molecule has 0 unspecified atom stereocenters. The zero-order chi connectivity index (χ0) is 23.9. The second-order valence-corrected chi connectivity index (χ2v) is 7.29. The molecule has 1 heterocycles. The number of nitrogens with two attached hydrogens (primary N) is 2. The van der Waals surface area contributed by atoms with E-state index in [-0.39, 0.29) is 17.6 Å². The average Bonchev–Trinajstić information content (AvgIpc) is 2.85. The summed E-state index contributed by atoms with van der Waals surface area (Å²) in [7, 11) is 0. The fraction of sp³-hybridized carbons (Fsp3) is 0. The number of nitrogens with one attached hydrogen (secondary N) is 1. The van der Waals surface area contributed by atoms with Gasteiger partial charge in [-0.15, -0.1) is 0 Å². The third-order valence-corrected chi connectivity index (χ3v) is 4.82. The molecule has 0 saturated carbocycles. The molecular weight excluding hydrogens is 429 g/mol. The number of aromatic nitrogens is 2. The molecule has 0 saturated heterocycles. The van der Waals surface area contributed by atoms with Crippen LogP contribution in [0, 0.1) is 5.82 Å². The Labute approximate surface area is 196 Å². The van der Waals surface area contributed by atoms with Crippen LogP contribution in [0.3, 0.4) is 0 Å². The van der Waals surface area contributed by atoms with E-state index in [0.717, 1.165) is 16.8 Å². The number of benzene rings is 3. The molecule has 0 fully saturated rings. The van der Waals surface area contributed by atoms with Crippen LogP contribution < -0.4 is 16.8 Å². The van der Waals surface area contributed by atoms with Crippen molar-refractivity contribution in [2.45, 2.75) is 0 Å². The number of hydrogen-bond acceptors (Lipinski definition) is 4. The molecule has 0 bridgehead atoms. The molecule has 4 aromatic rings. The number of guanidine groups is 1. The first-order chi connectivity index (χ1) is 16.5. The summed E-state index contributed by atoms with van der Waals surface area (Å²) in [6.07, 6.45) is 3.26. The van der Waals surface area contributed by atoms with Gasteiger partial charge in [0, 0.05) is 34.8 Å². The molecule has 0 spiro atoms. The number of halogens is 1. The van der Waals surface area contributed by atoms with Gasteiger partial charge in [0.15, 0.2) is 0 Å². The van der Waals surface area contributed by atoms with Crippen LogP contribution in [-0.2, 0) is 0 Å². The Morgan fingerprint density at radius 3 is 2.24 bits per heavy atom. The minimum absolute atomic E-state index is 0.000913. The van der Waals surface area contributed by atoms with Crippen molar-refractivity contribution >= 4 is 29.1 Å². The van der Waals surface area contributed by atoms with Crippen molar-refractivity contribution in [2.75, 3.05) is 5.32 Å². The van der Waals surface area contributed by atoms with Crippen molar-refractivity contribution in [2.24, 2.45) is 21.5 Å². The van der Waals surface area contributed by atoms with Crippen molar-refractivity contribution in [1.29, 1.82) is 0 Å². The molecule has 3 aromatic carbocycles. The van der Waals surface area contributed by atoms with E-state index in [9.17, 15) is 4.39 Å². The van der Waals surface area contributed by atoms with Gasteiger partial charge in [0.2, 0.25) is 11.9 Å². The van der Waals surface area contributed by atoms with Crippen LogP contribution in [0.5, 0.6) is 0 Å². The van der Waals surface area contributed by atoms with Crippen molar-refractivity contribution in [3.05, 3.63) is 115 Å². The molecular formula is C26H22FN7. The van der Waals surface area contributed by atoms with Crippen LogP contribution in [-0.4, -0.2) is 21.8 Å². The summed E-state index contributed by atoms with van der Waals surface area (Å²) in [6, 6.07) is 23.0. The number of anilines is 2. The van der Waals surface area contributed by atoms with E-state index in [1.165, 1.54) is 12.1 Å². The van der Waals surface area contributed by atoms with E-state index < -0.39 is 0 Å². The van der Waals surface area contributed by atoms with Gasteiger partial charge in [0.1, 0.15) is 11.7 Å². The Hall–Kier alpha value is -4.85. The molecule has 1 aromatic heterocycles. The number of aliphatic imine (C=N–C) groups is 2. The molecule has 4 rings (SSSR count). The van der Waals surface area contributed by atoms with Crippen LogP contribution in [0.2, 0.25) is 0 Å². The minimum atomic E-state index is -0.312. The van der Waals surface area contributed by atoms with Gasteiger partial charge < -0.3 is 16.8 Å². The highest BCUT2D eigenvalue weighted by molar-refractivity contribution is 6.05. The Balaban J connectivity index is 1.46. The van der Waals surface area contributed by atoms with Gasteiger partial charge in [0.25, 0.3) is 0 Å². The average molecular weight is 452 g/mol. The lowest BCUT2D eigenvalue weighted by molar-refractivity contribution is 0.628. The van der Waals surface area contributed by atoms with Crippen LogP contribution in [0.1, 0.15) is 11.1 Å². The van der Waals surface area contributed by atoms with Gasteiger partial charge in [-0.2, -0.15) is 4.99 Å². The van der Waals surface area contributed by atoms with Crippen LogP contribution in [0.4, 0.5) is 16.0 Å².